The van der Waals surface area contributed by atoms with Gasteiger partial charge >= 0.3 is 6.18 Å². The molecule has 1 aliphatic carbocycles. The van der Waals surface area contributed by atoms with Crippen molar-refractivity contribution in [3.05, 3.63) is 63.2 Å². The van der Waals surface area contributed by atoms with Crippen molar-refractivity contribution in [3.63, 3.8) is 0 Å². The Morgan fingerprint density at radius 3 is 2.44 bits per heavy atom. The molecule has 8 nitrogen and oxygen atoms in total. The summed E-state index contributed by atoms with van der Waals surface area (Å²) in [6.07, 6.45) is -3.19. The first-order valence-electron chi connectivity index (χ1n) is 11.6. The molecule has 1 heterocycles. The third-order valence-corrected chi connectivity index (χ3v) is 6.77. The van der Waals surface area contributed by atoms with Crippen LogP contribution in [0.15, 0.2) is 42.5 Å². The fourth-order valence-electron chi connectivity index (χ4n) is 4.62. The Morgan fingerprint density at radius 2 is 1.81 bits per heavy atom. The maximum Gasteiger partial charge on any atom is 0.423 e. The first-order chi connectivity index (χ1) is 17.1. The number of hydrogen-bond acceptors (Lipinski definition) is 6. The number of halogens is 4. The Labute approximate surface area is 211 Å². The number of anilines is 2. The van der Waals surface area contributed by atoms with Gasteiger partial charge in [0.05, 0.1) is 11.0 Å². The van der Waals surface area contributed by atoms with E-state index in [4.69, 9.17) is 16.3 Å². The van der Waals surface area contributed by atoms with Crippen molar-refractivity contribution in [1.29, 1.82) is 0 Å². The van der Waals surface area contributed by atoms with Crippen LogP contribution in [0.5, 0.6) is 0 Å². The molecule has 2 aromatic carbocycles. The van der Waals surface area contributed by atoms with Gasteiger partial charge in [0.15, 0.2) is 0 Å². The van der Waals surface area contributed by atoms with E-state index in [-0.39, 0.29) is 30.3 Å². The normalized spacial score (nSPS) is 20.4. The van der Waals surface area contributed by atoms with Crippen LogP contribution < -0.4 is 10.2 Å². The molecule has 2 aromatic rings. The highest BCUT2D eigenvalue weighted by Crippen LogP contribution is 2.38. The van der Waals surface area contributed by atoms with Crippen LogP contribution in [-0.4, -0.2) is 60.7 Å². The van der Waals surface area contributed by atoms with E-state index in [2.05, 4.69) is 10.2 Å². The van der Waals surface area contributed by atoms with Crippen LogP contribution in [0.25, 0.3) is 0 Å². The van der Waals surface area contributed by atoms with Gasteiger partial charge in [0.25, 0.3) is 5.69 Å². The van der Waals surface area contributed by atoms with Crippen molar-refractivity contribution in [1.82, 2.24) is 4.90 Å². The van der Waals surface area contributed by atoms with Crippen LogP contribution in [0.1, 0.15) is 24.8 Å². The van der Waals surface area contributed by atoms with E-state index in [0.717, 1.165) is 17.8 Å². The van der Waals surface area contributed by atoms with E-state index in [1.165, 1.54) is 6.07 Å². The maximum atomic E-state index is 13.2. The maximum absolute atomic E-state index is 13.2. The Hall–Kier alpha value is -3.05. The smallest absolute Gasteiger partial charge is 0.382 e. The molecule has 1 saturated carbocycles. The standard InChI is InChI=1S/C24H26ClF3N4O4/c25-16-1-5-19(6-2-16)30-9-11-31(12-10-30)23(33)15-36-20-7-3-17(13-20)29-18-4-8-22(32(34)35)21(14-18)24(26,27)28/h1-2,4-6,8,14,17,20,29H,3,7,9-13,15H2/t17-,20-/m1/s1. The quantitative estimate of drug-likeness (QED) is 0.405. The van der Waals surface area contributed by atoms with Crippen molar-refractivity contribution in [2.45, 2.75) is 37.6 Å². The average molecular weight is 527 g/mol. The number of nitrogens with zero attached hydrogens (tertiary/aromatic N) is 3. The lowest BCUT2D eigenvalue weighted by molar-refractivity contribution is -0.388. The van der Waals surface area contributed by atoms with Crippen LogP contribution in [-0.2, 0) is 15.7 Å². The highest BCUT2D eigenvalue weighted by molar-refractivity contribution is 6.30. The van der Waals surface area contributed by atoms with Crippen LogP contribution in [0.3, 0.4) is 0 Å². The Morgan fingerprint density at radius 1 is 1.11 bits per heavy atom. The summed E-state index contributed by atoms with van der Waals surface area (Å²) >= 11 is 5.94. The van der Waals surface area contributed by atoms with Crippen molar-refractivity contribution >= 4 is 34.6 Å². The molecule has 0 bridgehead atoms. The summed E-state index contributed by atoms with van der Waals surface area (Å²) < 4.78 is 45.5. The predicted molar refractivity (Wildman–Crippen MR) is 129 cm³/mol. The van der Waals surface area contributed by atoms with E-state index in [0.29, 0.717) is 50.5 Å². The molecular weight excluding hydrogens is 501 g/mol. The summed E-state index contributed by atoms with van der Waals surface area (Å²) in [5, 5.41) is 14.6. The number of hydrogen-bond donors (Lipinski definition) is 1. The number of carbonyl (C=O) groups is 1. The van der Waals surface area contributed by atoms with Gasteiger partial charge in [-0.3, -0.25) is 14.9 Å². The van der Waals surface area contributed by atoms with E-state index in [1.807, 2.05) is 24.3 Å². The fraction of sp³-hybridized carbons (Fsp3) is 0.458. The van der Waals surface area contributed by atoms with Gasteiger partial charge in [-0.2, -0.15) is 13.2 Å². The zero-order valence-corrected chi connectivity index (χ0v) is 20.1. The van der Waals surface area contributed by atoms with Crippen molar-refractivity contribution in [3.8, 4) is 0 Å². The molecule has 0 unspecified atom stereocenters. The molecular formula is C24H26ClF3N4O4. The number of piperazine rings is 1. The number of ether oxygens (including phenoxy) is 1. The minimum atomic E-state index is -4.83. The largest absolute Gasteiger partial charge is 0.423 e. The van der Waals surface area contributed by atoms with Crippen LogP contribution >= 0.6 is 11.6 Å². The third kappa shape index (κ3) is 6.38. The summed E-state index contributed by atoms with van der Waals surface area (Å²) in [6, 6.07) is 10.3. The molecule has 12 heteroatoms. The van der Waals surface area contributed by atoms with Crippen LogP contribution in [0, 0.1) is 10.1 Å². The molecule has 1 amide bonds. The molecule has 36 heavy (non-hydrogen) atoms. The first kappa shape index (κ1) is 26.0. The third-order valence-electron chi connectivity index (χ3n) is 6.52. The number of benzene rings is 2. The van der Waals surface area contributed by atoms with Crippen molar-refractivity contribution < 1.29 is 27.6 Å². The summed E-state index contributed by atoms with van der Waals surface area (Å²) in [5.41, 5.74) is -1.05. The van der Waals surface area contributed by atoms with Gasteiger partial charge in [-0.25, -0.2) is 0 Å². The number of nitrogens with one attached hydrogen (secondary N) is 1. The second-order valence-electron chi connectivity index (χ2n) is 8.92. The number of amides is 1. The van der Waals surface area contributed by atoms with Gasteiger partial charge in [-0.15, -0.1) is 0 Å². The number of nitro benzene ring substituents is 1. The lowest BCUT2D eigenvalue weighted by Gasteiger charge is -2.36. The molecule has 1 N–H and O–H groups in total. The Bertz CT molecular complexity index is 1090. The lowest BCUT2D eigenvalue weighted by Crippen LogP contribution is -2.50. The van der Waals surface area contributed by atoms with Gasteiger partial charge in [0.2, 0.25) is 5.91 Å². The SMILES string of the molecule is O=C(CO[C@@H]1CC[C@@H](Nc2ccc([N+](=O)[O-])c(C(F)(F)F)c2)C1)N1CCN(c2ccc(Cl)cc2)CC1. The molecule has 2 aliphatic rings. The number of carbonyl (C=O) groups excluding carboxylic acids is 1. The van der Waals surface area contributed by atoms with Gasteiger partial charge in [0.1, 0.15) is 12.2 Å². The molecule has 2 fully saturated rings. The molecule has 4 rings (SSSR count). The molecule has 1 saturated heterocycles. The van der Waals surface area contributed by atoms with Gasteiger partial charge in [0, 0.05) is 54.7 Å². The number of rotatable bonds is 7. The molecule has 194 valence electrons. The molecule has 0 aromatic heterocycles. The Balaban J connectivity index is 1.23. The summed E-state index contributed by atoms with van der Waals surface area (Å²) in [7, 11) is 0. The Kier molecular flexibility index (Phi) is 7.89. The zero-order valence-electron chi connectivity index (χ0n) is 19.3. The van der Waals surface area contributed by atoms with Gasteiger partial charge in [-0.1, -0.05) is 11.6 Å². The van der Waals surface area contributed by atoms with Gasteiger partial charge in [-0.05, 0) is 55.7 Å². The molecule has 0 radical (unpaired) electrons. The lowest BCUT2D eigenvalue weighted by atomic mass is 10.1. The second-order valence-corrected chi connectivity index (χ2v) is 9.35. The first-order valence-corrected chi connectivity index (χ1v) is 12.0. The van der Waals surface area contributed by atoms with E-state index in [1.54, 1.807) is 4.90 Å². The highest BCUT2D eigenvalue weighted by atomic mass is 35.5. The molecule has 1 aliphatic heterocycles. The summed E-state index contributed by atoms with van der Waals surface area (Å²) in [6.45, 7) is 2.53. The van der Waals surface area contributed by atoms with Crippen molar-refractivity contribution in [2.75, 3.05) is 43.0 Å². The monoisotopic (exact) mass is 526 g/mol. The average Bonchev–Trinajstić information content (AvgIpc) is 3.29. The topological polar surface area (TPSA) is 87.9 Å². The van der Waals surface area contributed by atoms with Crippen LogP contribution in [0.4, 0.5) is 30.2 Å². The summed E-state index contributed by atoms with van der Waals surface area (Å²) in [4.78, 5) is 26.5. The van der Waals surface area contributed by atoms with E-state index in [9.17, 15) is 28.1 Å². The van der Waals surface area contributed by atoms with Crippen molar-refractivity contribution in [2.24, 2.45) is 0 Å². The predicted octanol–water partition coefficient (Wildman–Crippen LogP) is 4.97. The minimum Gasteiger partial charge on any atom is -0.382 e. The zero-order chi connectivity index (χ0) is 25.9. The summed E-state index contributed by atoms with van der Waals surface area (Å²) in [5.74, 6) is -0.0904. The molecule has 0 spiro atoms. The second kappa shape index (κ2) is 10.9. The van der Waals surface area contributed by atoms with Gasteiger partial charge < -0.3 is 19.9 Å². The molecule has 2 atom stereocenters. The van der Waals surface area contributed by atoms with E-state index < -0.39 is 22.4 Å². The van der Waals surface area contributed by atoms with E-state index >= 15 is 0 Å². The minimum absolute atomic E-state index is 0.0475. The number of alkyl halides is 3. The van der Waals surface area contributed by atoms with Crippen LogP contribution in [0.2, 0.25) is 5.02 Å². The fourth-order valence-corrected chi connectivity index (χ4v) is 4.74. The number of nitro groups is 1. The highest BCUT2D eigenvalue weighted by Gasteiger charge is 2.38.